The molecule has 0 spiro atoms. The third-order valence-corrected chi connectivity index (χ3v) is 4.19. The van der Waals surface area contributed by atoms with Gasteiger partial charge in [-0.25, -0.2) is 4.79 Å². The average Bonchev–Trinajstić information content (AvgIpc) is 2.90. The standard InChI is InChI=1S/C17H26N2O3/c1-11(2)15(20)8-9-18-17(21)19-12(3)14-10-22-16-7-5-4-6-13(14)16/h4-7,11-12,14-15,20H,8-10H2,1-3H3,(H2,18,19,21). The summed E-state index contributed by atoms with van der Waals surface area (Å²) in [6.07, 6.45) is 0.183. The molecule has 0 radical (unpaired) electrons. The minimum Gasteiger partial charge on any atom is -0.493 e. The van der Waals surface area contributed by atoms with E-state index < -0.39 is 0 Å². The molecule has 1 aliphatic rings. The van der Waals surface area contributed by atoms with Gasteiger partial charge in [0, 0.05) is 24.1 Å². The Hall–Kier alpha value is -1.75. The van der Waals surface area contributed by atoms with Crippen molar-refractivity contribution in [3.8, 4) is 5.75 Å². The lowest BCUT2D eigenvalue weighted by atomic mass is 9.94. The van der Waals surface area contributed by atoms with Gasteiger partial charge in [-0.3, -0.25) is 0 Å². The number of benzene rings is 1. The zero-order valence-electron chi connectivity index (χ0n) is 13.5. The van der Waals surface area contributed by atoms with Crippen molar-refractivity contribution < 1.29 is 14.6 Å². The van der Waals surface area contributed by atoms with Gasteiger partial charge in [0.1, 0.15) is 5.75 Å². The van der Waals surface area contributed by atoms with E-state index in [0.29, 0.717) is 19.6 Å². The van der Waals surface area contributed by atoms with Crippen LogP contribution in [0.15, 0.2) is 24.3 Å². The molecule has 0 aliphatic carbocycles. The topological polar surface area (TPSA) is 70.6 Å². The SMILES string of the molecule is CC(C)C(O)CCNC(=O)NC(C)C1COc2ccccc21. The lowest BCUT2D eigenvalue weighted by Gasteiger charge is -2.21. The number of nitrogens with one attached hydrogen (secondary N) is 2. The average molecular weight is 306 g/mol. The van der Waals surface area contributed by atoms with Gasteiger partial charge in [0.15, 0.2) is 0 Å². The number of hydrogen-bond donors (Lipinski definition) is 3. The van der Waals surface area contributed by atoms with Gasteiger partial charge in [-0.2, -0.15) is 0 Å². The predicted octanol–water partition coefficient (Wildman–Crippen LogP) is 2.26. The fraction of sp³-hybridized carbons (Fsp3) is 0.588. The van der Waals surface area contributed by atoms with E-state index in [1.54, 1.807) is 0 Å². The Morgan fingerprint density at radius 2 is 2.09 bits per heavy atom. The Labute approximate surface area is 132 Å². The summed E-state index contributed by atoms with van der Waals surface area (Å²) in [5, 5.41) is 15.5. The molecular weight excluding hydrogens is 280 g/mol. The van der Waals surface area contributed by atoms with Crippen molar-refractivity contribution in [3.63, 3.8) is 0 Å². The summed E-state index contributed by atoms with van der Waals surface area (Å²) < 4.78 is 5.65. The Balaban J connectivity index is 1.78. The first-order valence-corrected chi connectivity index (χ1v) is 7.93. The maximum atomic E-state index is 11.9. The van der Waals surface area contributed by atoms with Crippen LogP contribution in [0.2, 0.25) is 0 Å². The molecule has 1 aromatic rings. The molecule has 1 aromatic carbocycles. The van der Waals surface area contributed by atoms with Gasteiger partial charge in [0.25, 0.3) is 0 Å². The molecule has 122 valence electrons. The maximum absolute atomic E-state index is 11.9. The van der Waals surface area contributed by atoms with Gasteiger partial charge < -0.3 is 20.5 Å². The van der Waals surface area contributed by atoms with E-state index in [9.17, 15) is 9.90 Å². The zero-order chi connectivity index (χ0) is 16.1. The molecule has 22 heavy (non-hydrogen) atoms. The Bertz CT molecular complexity index is 504. The number of carbonyl (C=O) groups is 1. The van der Waals surface area contributed by atoms with Crippen LogP contribution in [0.5, 0.6) is 5.75 Å². The minimum absolute atomic E-state index is 0.0151. The van der Waals surface area contributed by atoms with Crippen LogP contribution in [0.25, 0.3) is 0 Å². The largest absolute Gasteiger partial charge is 0.493 e. The highest BCUT2D eigenvalue weighted by molar-refractivity contribution is 5.74. The van der Waals surface area contributed by atoms with Crippen LogP contribution in [0.4, 0.5) is 4.79 Å². The number of aliphatic hydroxyl groups is 1. The van der Waals surface area contributed by atoms with Crippen molar-refractivity contribution in [1.82, 2.24) is 10.6 Å². The van der Waals surface area contributed by atoms with Crippen LogP contribution in [0.1, 0.15) is 38.7 Å². The van der Waals surface area contributed by atoms with Crippen molar-refractivity contribution in [2.24, 2.45) is 5.92 Å². The molecule has 0 fully saturated rings. The number of aliphatic hydroxyl groups excluding tert-OH is 1. The summed E-state index contributed by atoms with van der Waals surface area (Å²) in [4.78, 5) is 11.9. The highest BCUT2D eigenvalue weighted by Gasteiger charge is 2.29. The van der Waals surface area contributed by atoms with Gasteiger partial charge in [-0.15, -0.1) is 0 Å². The number of amides is 2. The van der Waals surface area contributed by atoms with Crippen LogP contribution in [-0.4, -0.2) is 36.4 Å². The third kappa shape index (κ3) is 4.13. The van der Waals surface area contributed by atoms with E-state index in [0.717, 1.165) is 11.3 Å². The van der Waals surface area contributed by atoms with E-state index in [1.807, 2.05) is 45.0 Å². The number of carbonyl (C=O) groups excluding carboxylic acids is 1. The Morgan fingerprint density at radius 1 is 1.36 bits per heavy atom. The number of urea groups is 1. The number of rotatable bonds is 6. The molecule has 2 rings (SSSR count). The van der Waals surface area contributed by atoms with Crippen LogP contribution in [0, 0.1) is 5.92 Å². The molecule has 1 heterocycles. The first-order chi connectivity index (χ1) is 10.5. The molecule has 3 unspecified atom stereocenters. The summed E-state index contributed by atoms with van der Waals surface area (Å²) in [6, 6.07) is 7.72. The predicted molar refractivity (Wildman–Crippen MR) is 86.1 cm³/mol. The van der Waals surface area contributed by atoms with E-state index in [1.165, 1.54) is 0 Å². The summed E-state index contributed by atoms with van der Waals surface area (Å²) in [7, 11) is 0. The number of fused-ring (bicyclic) bond motifs is 1. The Kier molecular flexibility index (Phi) is 5.66. The molecule has 1 aliphatic heterocycles. The lowest BCUT2D eigenvalue weighted by molar-refractivity contribution is 0.116. The lowest BCUT2D eigenvalue weighted by Crippen LogP contribution is -2.44. The maximum Gasteiger partial charge on any atom is 0.315 e. The van der Waals surface area contributed by atoms with E-state index >= 15 is 0 Å². The quantitative estimate of drug-likeness (QED) is 0.755. The molecule has 5 heteroatoms. The van der Waals surface area contributed by atoms with Crippen LogP contribution >= 0.6 is 0 Å². The summed E-state index contributed by atoms with van der Waals surface area (Å²) in [5.74, 6) is 1.28. The first kappa shape index (κ1) is 16.6. The zero-order valence-corrected chi connectivity index (χ0v) is 13.5. The molecule has 3 N–H and O–H groups in total. The fourth-order valence-corrected chi connectivity index (χ4v) is 2.63. The number of hydrogen-bond acceptors (Lipinski definition) is 3. The monoisotopic (exact) mass is 306 g/mol. The molecule has 3 atom stereocenters. The van der Waals surface area contributed by atoms with E-state index in [4.69, 9.17) is 4.74 Å². The second kappa shape index (κ2) is 7.49. The normalized spacial score (nSPS) is 19.2. The third-order valence-electron chi connectivity index (χ3n) is 4.19. The second-order valence-corrected chi connectivity index (χ2v) is 6.24. The van der Waals surface area contributed by atoms with Crippen LogP contribution < -0.4 is 15.4 Å². The molecular formula is C17H26N2O3. The van der Waals surface area contributed by atoms with Crippen molar-refractivity contribution >= 4 is 6.03 Å². The number of para-hydroxylation sites is 1. The first-order valence-electron chi connectivity index (χ1n) is 7.93. The molecule has 0 saturated heterocycles. The summed E-state index contributed by atoms with van der Waals surface area (Å²) in [5.41, 5.74) is 1.14. The summed E-state index contributed by atoms with van der Waals surface area (Å²) >= 11 is 0. The minimum atomic E-state index is -0.382. The highest BCUT2D eigenvalue weighted by Crippen LogP contribution is 2.35. The second-order valence-electron chi connectivity index (χ2n) is 6.24. The van der Waals surface area contributed by atoms with Gasteiger partial charge in [-0.05, 0) is 25.3 Å². The van der Waals surface area contributed by atoms with Crippen molar-refractivity contribution in [3.05, 3.63) is 29.8 Å². The molecule has 5 nitrogen and oxygen atoms in total. The van der Waals surface area contributed by atoms with E-state index in [2.05, 4.69) is 10.6 Å². The van der Waals surface area contributed by atoms with Crippen LogP contribution in [-0.2, 0) is 0 Å². The van der Waals surface area contributed by atoms with Gasteiger partial charge in [0.05, 0.1) is 12.7 Å². The molecule has 0 bridgehead atoms. The summed E-state index contributed by atoms with van der Waals surface area (Å²) in [6.45, 7) is 6.97. The molecule has 0 saturated carbocycles. The van der Waals surface area contributed by atoms with Gasteiger partial charge >= 0.3 is 6.03 Å². The highest BCUT2D eigenvalue weighted by atomic mass is 16.5. The smallest absolute Gasteiger partial charge is 0.315 e. The molecule has 0 aromatic heterocycles. The van der Waals surface area contributed by atoms with Crippen molar-refractivity contribution in [1.29, 1.82) is 0 Å². The van der Waals surface area contributed by atoms with E-state index in [-0.39, 0.29) is 30.0 Å². The number of ether oxygens (including phenoxy) is 1. The Morgan fingerprint density at radius 3 is 2.82 bits per heavy atom. The fourth-order valence-electron chi connectivity index (χ4n) is 2.63. The van der Waals surface area contributed by atoms with Crippen LogP contribution in [0.3, 0.4) is 0 Å². The van der Waals surface area contributed by atoms with Gasteiger partial charge in [0.2, 0.25) is 0 Å². The van der Waals surface area contributed by atoms with Crippen molar-refractivity contribution in [2.45, 2.75) is 45.3 Å². The van der Waals surface area contributed by atoms with Gasteiger partial charge in [-0.1, -0.05) is 32.0 Å². The van der Waals surface area contributed by atoms with Crippen molar-refractivity contribution in [2.75, 3.05) is 13.2 Å². The molecule has 2 amide bonds.